The Balaban J connectivity index is 1.85. The second kappa shape index (κ2) is 4.86. The van der Waals surface area contributed by atoms with Crippen molar-refractivity contribution in [3.05, 3.63) is 64.7 Å². The van der Waals surface area contributed by atoms with Crippen molar-refractivity contribution in [1.29, 1.82) is 0 Å². The van der Waals surface area contributed by atoms with E-state index in [-0.39, 0.29) is 5.82 Å². The van der Waals surface area contributed by atoms with Crippen molar-refractivity contribution in [3.63, 3.8) is 0 Å². The standard InChI is InChI=1S/C15H15FN2/c16-14-3-1-2-11(8-14)6-12-7-13-10-17-5-4-15(13)18-9-12/h1-3,7-9,17H,4-6,10H2. The number of fused-ring (bicyclic) bond motifs is 1. The molecule has 1 aromatic carbocycles. The fourth-order valence-corrected chi connectivity index (χ4v) is 2.38. The van der Waals surface area contributed by atoms with Gasteiger partial charge in [0.1, 0.15) is 5.82 Å². The third kappa shape index (κ3) is 2.41. The monoisotopic (exact) mass is 242 g/mol. The van der Waals surface area contributed by atoms with Gasteiger partial charge in [0.25, 0.3) is 0 Å². The van der Waals surface area contributed by atoms with Gasteiger partial charge in [-0.3, -0.25) is 4.98 Å². The molecule has 2 aromatic rings. The van der Waals surface area contributed by atoms with Crippen LogP contribution in [-0.4, -0.2) is 11.5 Å². The molecule has 0 unspecified atom stereocenters. The molecule has 0 fully saturated rings. The lowest BCUT2D eigenvalue weighted by atomic mass is 10.0. The van der Waals surface area contributed by atoms with Gasteiger partial charge in [-0.15, -0.1) is 0 Å². The largest absolute Gasteiger partial charge is 0.312 e. The zero-order valence-corrected chi connectivity index (χ0v) is 10.1. The van der Waals surface area contributed by atoms with Crippen LogP contribution in [0.1, 0.15) is 22.4 Å². The predicted molar refractivity (Wildman–Crippen MR) is 68.9 cm³/mol. The molecule has 0 saturated heterocycles. The first kappa shape index (κ1) is 11.4. The van der Waals surface area contributed by atoms with Crippen molar-refractivity contribution in [1.82, 2.24) is 10.3 Å². The van der Waals surface area contributed by atoms with Crippen LogP contribution in [0.25, 0.3) is 0 Å². The molecule has 0 bridgehead atoms. The Morgan fingerprint density at radius 2 is 2.17 bits per heavy atom. The molecule has 0 atom stereocenters. The molecule has 0 aliphatic carbocycles. The minimum atomic E-state index is -0.180. The number of nitrogens with zero attached hydrogens (tertiary/aromatic N) is 1. The number of pyridine rings is 1. The van der Waals surface area contributed by atoms with Crippen molar-refractivity contribution in [3.8, 4) is 0 Å². The van der Waals surface area contributed by atoms with Crippen molar-refractivity contribution < 1.29 is 4.39 Å². The van der Waals surface area contributed by atoms with Gasteiger partial charge >= 0.3 is 0 Å². The van der Waals surface area contributed by atoms with E-state index < -0.39 is 0 Å². The summed E-state index contributed by atoms with van der Waals surface area (Å²) in [6, 6.07) is 8.93. The second-order valence-electron chi connectivity index (χ2n) is 4.68. The van der Waals surface area contributed by atoms with Gasteiger partial charge in [0.05, 0.1) is 0 Å². The van der Waals surface area contributed by atoms with E-state index in [1.165, 1.54) is 17.3 Å². The Morgan fingerprint density at radius 1 is 1.22 bits per heavy atom. The Labute approximate surface area is 106 Å². The Hall–Kier alpha value is -1.74. The van der Waals surface area contributed by atoms with Gasteiger partial charge in [-0.1, -0.05) is 18.2 Å². The smallest absolute Gasteiger partial charge is 0.123 e. The number of halogens is 1. The highest BCUT2D eigenvalue weighted by molar-refractivity contribution is 5.31. The average molecular weight is 242 g/mol. The van der Waals surface area contributed by atoms with Gasteiger partial charge in [-0.05, 0) is 35.2 Å². The lowest BCUT2D eigenvalue weighted by Crippen LogP contribution is -2.24. The van der Waals surface area contributed by atoms with Crippen LogP contribution in [0, 0.1) is 5.82 Å². The molecule has 0 amide bonds. The zero-order chi connectivity index (χ0) is 12.4. The molecule has 1 aliphatic heterocycles. The first-order valence-corrected chi connectivity index (χ1v) is 6.23. The maximum atomic E-state index is 13.1. The third-order valence-electron chi connectivity index (χ3n) is 3.27. The SMILES string of the molecule is Fc1cccc(Cc2cnc3c(c2)CNCC3)c1. The Kier molecular flexibility index (Phi) is 3.07. The first-order chi connectivity index (χ1) is 8.81. The highest BCUT2D eigenvalue weighted by atomic mass is 19.1. The van der Waals surface area contributed by atoms with Crippen LogP contribution >= 0.6 is 0 Å². The maximum absolute atomic E-state index is 13.1. The topological polar surface area (TPSA) is 24.9 Å². The number of benzene rings is 1. The van der Waals surface area contributed by atoms with Crippen LogP contribution in [0.2, 0.25) is 0 Å². The van der Waals surface area contributed by atoms with E-state index in [0.717, 1.165) is 37.1 Å². The van der Waals surface area contributed by atoms with Gasteiger partial charge in [0.15, 0.2) is 0 Å². The highest BCUT2D eigenvalue weighted by Gasteiger charge is 2.10. The quantitative estimate of drug-likeness (QED) is 0.875. The van der Waals surface area contributed by atoms with Crippen molar-refractivity contribution >= 4 is 0 Å². The summed E-state index contributed by atoms with van der Waals surface area (Å²) in [5, 5.41) is 3.34. The average Bonchev–Trinajstić information content (AvgIpc) is 2.39. The molecule has 0 radical (unpaired) electrons. The molecule has 1 N–H and O–H groups in total. The maximum Gasteiger partial charge on any atom is 0.123 e. The summed E-state index contributed by atoms with van der Waals surface area (Å²) in [4.78, 5) is 4.50. The van der Waals surface area contributed by atoms with E-state index in [9.17, 15) is 4.39 Å². The molecular formula is C15H15FN2. The first-order valence-electron chi connectivity index (χ1n) is 6.23. The van der Waals surface area contributed by atoms with E-state index in [4.69, 9.17) is 0 Å². The number of nitrogens with one attached hydrogen (secondary N) is 1. The number of aromatic nitrogens is 1. The minimum Gasteiger partial charge on any atom is -0.312 e. The summed E-state index contributed by atoms with van der Waals surface area (Å²) < 4.78 is 13.1. The molecule has 0 saturated carbocycles. The Morgan fingerprint density at radius 3 is 3.06 bits per heavy atom. The highest BCUT2D eigenvalue weighted by Crippen LogP contribution is 2.16. The van der Waals surface area contributed by atoms with Crippen LogP contribution in [-0.2, 0) is 19.4 Å². The molecule has 1 aromatic heterocycles. The second-order valence-corrected chi connectivity index (χ2v) is 4.68. The van der Waals surface area contributed by atoms with E-state index >= 15 is 0 Å². The molecule has 3 rings (SSSR count). The third-order valence-corrected chi connectivity index (χ3v) is 3.27. The van der Waals surface area contributed by atoms with E-state index in [1.54, 1.807) is 12.1 Å². The summed E-state index contributed by atoms with van der Waals surface area (Å²) in [6.07, 6.45) is 3.64. The minimum absolute atomic E-state index is 0.180. The zero-order valence-electron chi connectivity index (χ0n) is 10.1. The van der Waals surface area contributed by atoms with Crippen molar-refractivity contribution in [2.24, 2.45) is 0 Å². The van der Waals surface area contributed by atoms with E-state index in [0.29, 0.717) is 0 Å². The molecule has 18 heavy (non-hydrogen) atoms. The van der Waals surface area contributed by atoms with E-state index in [2.05, 4.69) is 16.4 Å². The van der Waals surface area contributed by atoms with Crippen molar-refractivity contribution in [2.45, 2.75) is 19.4 Å². The van der Waals surface area contributed by atoms with Crippen LogP contribution in [0.15, 0.2) is 36.5 Å². The van der Waals surface area contributed by atoms with Crippen molar-refractivity contribution in [2.75, 3.05) is 6.54 Å². The summed E-state index contributed by atoms with van der Waals surface area (Å²) in [6.45, 7) is 1.89. The molecule has 3 heteroatoms. The molecule has 92 valence electrons. The van der Waals surface area contributed by atoms with Gasteiger partial charge < -0.3 is 5.32 Å². The summed E-state index contributed by atoms with van der Waals surface area (Å²) in [7, 11) is 0. The Bertz CT molecular complexity index is 566. The molecule has 2 heterocycles. The summed E-state index contributed by atoms with van der Waals surface area (Å²) in [5.74, 6) is -0.180. The van der Waals surface area contributed by atoms with Gasteiger partial charge in [0, 0.05) is 31.4 Å². The van der Waals surface area contributed by atoms with E-state index in [1.807, 2.05) is 12.3 Å². The van der Waals surface area contributed by atoms with Crippen LogP contribution < -0.4 is 5.32 Å². The number of hydrogen-bond donors (Lipinski definition) is 1. The number of hydrogen-bond acceptors (Lipinski definition) is 2. The molecular weight excluding hydrogens is 227 g/mol. The molecule has 0 spiro atoms. The van der Waals surface area contributed by atoms with Gasteiger partial charge in [-0.2, -0.15) is 0 Å². The fourth-order valence-electron chi connectivity index (χ4n) is 2.38. The van der Waals surface area contributed by atoms with Crippen LogP contribution in [0.4, 0.5) is 4.39 Å². The van der Waals surface area contributed by atoms with Gasteiger partial charge in [-0.25, -0.2) is 4.39 Å². The summed E-state index contributed by atoms with van der Waals surface area (Å²) >= 11 is 0. The number of rotatable bonds is 2. The molecule has 1 aliphatic rings. The lowest BCUT2D eigenvalue weighted by molar-refractivity contribution is 0.625. The molecule has 2 nitrogen and oxygen atoms in total. The van der Waals surface area contributed by atoms with Crippen LogP contribution in [0.5, 0.6) is 0 Å². The van der Waals surface area contributed by atoms with Gasteiger partial charge in [0.2, 0.25) is 0 Å². The normalized spacial score (nSPS) is 14.3. The predicted octanol–water partition coefficient (Wildman–Crippen LogP) is 2.46. The lowest BCUT2D eigenvalue weighted by Gasteiger charge is -2.16. The fraction of sp³-hybridized carbons (Fsp3) is 0.267. The van der Waals surface area contributed by atoms with Crippen LogP contribution in [0.3, 0.4) is 0 Å². The summed E-state index contributed by atoms with van der Waals surface area (Å²) in [5.41, 5.74) is 4.59.